The Morgan fingerprint density at radius 2 is 1.88 bits per heavy atom. The molecule has 0 bridgehead atoms. The minimum absolute atomic E-state index is 0.0275. The summed E-state index contributed by atoms with van der Waals surface area (Å²) in [5.41, 5.74) is 1.99. The number of ether oxygens (including phenoxy) is 1. The Hall–Kier alpha value is -2.30. The van der Waals surface area contributed by atoms with Gasteiger partial charge in [-0.15, -0.1) is 11.3 Å². The number of rotatable bonds is 6. The van der Waals surface area contributed by atoms with Crippen LogP contribution < -0.4 is 10.1 Å². The van der Waals surface area contributed by atoms with Crippen LogP contribution in [0.4, 0.5) is 0 Å². The van der Waals surface area contributed by atoms with Gasteiger partial charge in [0, 0.05) is 9.90 Å². The quantitative estimate of drug-likeness (QED) is 0.662. The van der Waals surface area contributed by atoms with Crippen molar-refractivity contribution in [1.82, 2.24) is 5.32 Å². The van der Waals surface area contributed by atoms with E-state index >= 15 is 0 Å². The zero-order chi connectivity index (χ0) is 17.6. The summed E-state index contributed by atoms with van der Waals surface area (Å²) in [4.78, 5) is 13.5. The van der Waals surface area contributed by atoms with Crippen LogP contribution in [0, 0.1) is 6.92 Å². The number of halogens is 1. The first-order valence-electron chi connectivity index (χ1n) is 7.90. The molecule has 0 saturated carbocycles. The van der Waals surface area contributed by atoms with E-state index in [1.165, 1.54) is 0 Å². The maximum atomic E-state index is 12.4. The van der Waals surface area contributed by atoms with E-state index in [0.717, 1.165) is 21.8 Å². The second-order valence-corrected chi connectivity index (χ2v) is 7.04. The van der Waals surface area contributed by atoms with Gasteiger partial charge >= 0.3 is 0 Å². The maximum absolute atomic E-state index is 12.4. The van der Waals surface area contributed by atoms with E-state index in [-0.39, 0.29) is 18.6 Å². The molecule has 1 atom stereocenters. The molecule has 0 aliphatic heterocycles. The molecule has 0 aliphatic carbocycles. The predicted molar refractivity (Wildman–Crippen MR) is 102 cm³/mol. The first kappa shape index (κ1) is 17.5. The third-order valence-corrected chi connectivity index (χ3v) is 4.98. The molecule has 0 radical (unpaired) electrons. The molecule has 0 fully saturated rings. The van der Waals surface area contributed by atoms with Crippen molar-refractivity contribution in [2.75, 3.05) is 6.61 Å². The molecule has 2 aromatic carbocycles. The molecule has 3 aromatic rings. The zero-order valence-electron chi connectivity index (χ0n) is 13.7. The van der Waals surface area contributed by atoms with Crippen molar-refractivity contribution < 1.29 is 9.53 Å². The average Bonchev–Trinajstić information content (AvgIpc) is 3.14. The van der Waals surface area contributed by atoms with E-state index in [1.54, 1.807) is 11.3 Å². The lowest BCUT2D eigenvalue weighted by molar-refractivity contribution is -0.123. The third-order valence-electron chi connectivity index (χ3n) is 3.79. The van der Waals surface area contributed by atoms with Gasteiger partial charge in [0.15, 0.2) is 6.61 Å². The maximum Gasteiger partial charge on any atom is 0.258 e. The van der Waals surface area contributed by atoms with Crippen LogP contribution in [0.15, 0.2) is 66.0 Å². The fourth-order valence-corrected chi connectivity index (χ4v) is 3.42. The van der Waals surface area contributed by atoms with Gasteiger partial charge < -0.3 is 10.1 Å². The van der Waals surface area contributed by atoms with Crippen molar-refractivity contribution in [1.29, 1.82) is 0 Å². The fraction of sp³-hybridized carbons (Fsp3) is 0.150. The van der Waals surface area contributed by atoms with Gasteiger partial charge in [-0.2, -0.15) is 0 Å². The van der Waals surface area contributed by atoms with Gasteiger partial charge in [0.05, 0.1) is 6.04 Å². The smallest absolute Gasteiger partial charge is 0.258 e. The van der Waals surface area contributed by atoms with Crippen LogP contribution in [-0.2, 0) is 4.79 Å². The molecule has 1 aromatic heterocycles. The summed E-state index contributed by atoms with van der Waals surface area (Å²) in [5, 5.41) is 5.71. The summed E-state index contributed by atoms with van der Waals surface area (Å²) in [6.45, 7) is 1.93. The number of hydrogen-bond acceptors (Lipinski definition) is 3. The van der Waals surface area contributed by atoms with Crippen LogP contribution in [0.3, 0.4) is 0 Å². The molecular weight excluding hydrogens is 354 g/mol. The van der Waals surface area contributed by atoms with Crippen molar-refractivity contribution in [3.63, 3.8) is 0 Å². The highest BCUT2D eigenvalue weighted by molar-refractivity contribution is 7.10. The largest absolute Gasteiger partial charge is 0.484 e. The summed E-state index contributed by atoms with van der Waals surface area (Å²) < 4.78 is 5.64. The summed E-state index contributed by atoms with van der Waals surface area (Å²) in [7, 11) is 0. The number of amides is 1. The number of carbonyl (C=O) groups is 1. The van der Waals surface area contributed by atoms with Gasteiger partial charge in [-0.1, -0.05) is 48.0 Å². The first-order chi connectivity index (χ1) is 12.1. The number of carbonyl (C=O) groups excluding carboxylic acids is 1. The summed E-state index contributed by atoms with van der Waals surface area (Å²) in [6, 6.07) is 18.9. The molecule has 0 saturated heterocycles. The van der Waals surface area contributed by atoms with Crippen molar-refractivity contribution in [3.8, 4) is 5.75 Å². The summed E-state index contributed by atoms with van der Waals surface area (Å²) in [5.74, 6) is 0.549. The molecule has 1 unspecified atom stereocenters. The van der Waals surface area contributed by atoms with Gasteiger partial charge in [0.2, 0.25) is 0 Å². The number of aryl methyl sites for hydroxylation is 1. The van der Waals surface area contributed by atoms with Crippen molar-refractivity contribution in [3.05, 3.63) is 87.1 Å². The Morgan fingerprint density at radius 3 is 2.56 bits per heavy atom. The lowest BCUT2D eigenvalue weighted by Crippen LogP contribution is -2.33. The van der Waals surface area contributed by atoms with E-state index in [1.807, 2.05) is 73.0 Å². The molecule has 1 heterocycles. The van der Waals surface area contributed by atoms with Crippen LogP contribution >= 0.6 is 22.9 Å². The number of thiophene rings is 1. The van der Waals surface area contributed by atoms with E-state index in [9.17, 15) is 4.79 Å². The topological polar surface area (TPSA) is 38.3 Å². The Balaban J connectivity index is 1.71. The molecule has 25 heavy (non-hydrogen) atoms. The predicted octanol–water partition coefficient (Wildman–Crippen LogP) is 4.99. The van der Waals surface area contributed by atoms with Crippen molar-refractivity contribution in [2.24, 2.45) is 0 Å². The molecule has 3 rings (SSSR count). The highest BCUT2D eigenvalue weighted by atomic mass is 35.5. The van der Waals surface area contributed by atoms with Gasteiger partial charge in [0.1, 0.15) is 5.75 Å². The summed E-state index contributed by atoms with van der Waals surface area (Å²) >= 11 is 7.58. The third kappa shape index (κ3) is 4.62. The molecular formula is C20H18ClNO2S. The van der Waals surface area contributed by atoms with Crippen LogP contribution in [-0.4, -0.2) is 12.5 Å². The highest BCUT2D eigenvalue weighted by Gasteiger charge is 2.18. The van der Waals surface area contributed by atoms with Crippen LogP contribution in [0.2, 0.25) is 5.02 Å². The monoisotopic (exact) mass is 371 g/mol. The van der Waals surface area contributed by atoms with E-state index < -0.39 is 0 Å². The molecule has 3 nitrogen and oxygen atoms in total. The number of benzene rings is 2. The van der Waals surface area contributed by atoms with E-state index in [4.69, 9.17) is 16.3 Å². The lowest BCUT2D eigenvalue weighted by atomic mass is 10.1. The SMILES string of the molecule is Cc1ccccc1OCC(=O)NC(c1ccc(Cl)cc1)c1cccs1. The first-order valence-corrected chi connectivity index (χ1v) is 9.16. The lowest BCUT2D eigenvalue weighted by Gasteiger charge is -2.18. The minimum atomic E-state index is -0.217. The number of hydrogen-bond donors (Lipinski definition) is 1. The second kappa shape index (κ2) is 8.19. The molecule has 0 aliphatic rings. The molecule has 1 N–H and O–H groups in total. The zero-order valence-corrected chi connectivity index (χ0v) is 15.3. The molecule has 5 heteroatoms. The highest BCUT2D eigenvalue weighted by Crippen LogP contribution is 2.27. The van der Waals surface area contributed by atoms with Crippen molar-refractivity contribution >= 4 is 28.8 Å². The van der Waals surface area contributed by atoms with Crippen LogP contribution in [0.1, 0.15) is 22.0 Å². The summed E-state index contributed by atoms with van der Waals surface area (Å²) in [6.07, 6.45) is 0. The Morgan fingerprint density at radius 1 is 1.12 bits per heavy atom. The Kier molecular flexibility index (Phi) is 5.74. The second-order valence-electron chi connectivity index (χ2n) is 5.62. The van der Waals surface area contributed by atoms with Gasteiger partial charge in [-0.3, -0.25) is 4.79 Å². The van der Waals surface area contributed by atoms with E-state index in [2.05, 4.69) is 5.32 Å². The molecule has 128 valence electrons. The van der Waals surface area contributed by atoms with Crippen LogP contribution in [0.5, 0.6) is 5.75 Å². The number of nitrogens with one attached hydrogen (secondary N) is 1. The number of para-hydroxylation sites is 1. The fourth-order valence-electron chi connectivity index (χ4n) is 2.49. The average molecular weight is 372 g/mol. The minimum Gasteiger partial charge on any atom is -0.484 e. The normalized spacial score (nSPS) is 11.8. The Bertz CT molecular complexity index is 831. The van der Waals surface area contributed by atoms with Gasteiger partial charge in [-0.05, 0) is 47.7 Å². The van der Waals surface area contributed by atoms with E-state index in [0.29, 0.717) is 5.02 Å². The molecule has 1 amide bonds. The Labute approximate surface area is 156 Å². The van der Waals surface area contributed by atoms with Gasteiger partial charge in [-0.25, -0.2) is 0 Å². The van der Waals surface area contributed by atoms with Gasteiger partial charge in [0.25, 0.3) is 5.91 Å². The molecule has 0 spiro atoms. The van der Waals surface area contributed by atoms with Crippen molar-refractivity contribution in [2.45, 2.75) is 13.0 Å². The van der Waals surface area contributed by atoms with Crippen LogP contribution in [0.25, 0.3) is 0 Å². The standard InChI is InChI=1S/C20H18ClNO2S/c1-14-5-2-3-6-17(14)24-13-19(23)22-20(18-7-4-12-25-18)15-8-10-16(21)11-9-15/h2-12,20H,13H2,1H3,(H,22,23).